The molecule has 4 nitrogen and oxygen atoms in total. The van der Waals surface area contributed by atoms with Crippen LogP contribution in [-0.2, 0) is 6.18 Å². The van der Waals surface area contributed by atoms with Crippen LogP contribution >= 0.6 is 22.6 Å². The Morgan fingerprint density at radius 3 is 2.42 bits per heavy atom. The first-order valence-electron chi connectivity index (χ1n) is 7.84. The quantitative estimate of drug-likeness (QED) is 0.568. The highest BCUT2D eigenvalue weighted by molar-refractivity contribution is 14.1. The number of hydrogen-bond acceptors (Lipinski definition) is 3. The third-order valence-corrected chi connectivity index (χ3v) is 4.11. The summed E-state index contributed by atoms with van der Waals surface area (Å²) in [6.45, 7) is 4.46. The number of alkyl halides is 3. The van der Waals surface area contributed by atoms with E-state index in [1.807, 2.05) is 29.5 Å². The van der Waals surface area contributed by atoms with Crippen LogP contribution in [-0.4, -0.2) is 19.1 Å². The van der Waals surface area contributed by atoms with E-state index in [1.165, 1.54) is 18.2 Å². The van der Waals surface area contributed by atoms with E-state index in [2.05, 4.69) is 5.32 Å². The van der Waals surface area contributed by atoms with Crippen LogP contribution in [0.2, 0.25) is 0 Å². The molecule has 1 N–H and O–H groups in total. The van der Waals surface area contributed by atoms with Crippen molar-refractivity contribution in [1.82, 2.24) is 0 Å². The summed E-state index contributed by atoms with van der Waals surface area (Å²) in [7, 11) is 0. The maximum absolute atomic E-state index is 12.8. The number of rotatable bonds is 6. The zero-order chi connectivity index (χ0) is 19.3. The van der Waals surface area contributed by atoms with Gasteiger partial charge in [0.1, 0.15) is 0 Å². The Labute approximate surface area is 162 Å². The van der Waals surface area contributed by atoms with Gasteiger partial charge in [0.15, 0.2) is 11.5 Å². The molecule has 0 bridgehead atoms. The van der Waals surface area contributed by atoms with Gasteiger partial charge < -0.3 is 14.8 Å². The molecule has 0 heterocycles. The summed E-state index contributed by atoms with van der Waals surface area (Å²) in [5.74, 6) is 0.409. The van der Waals surface area contributed by atoms with Crippen molar-refractivity contribution < 1.29 is 27.4 Å². The van der Waals surface area contributed by atoms with Crippen molar-refractivity contribution in [2.45, 2.75) is 20.0 Å². The number of nitrogens with one attached hydrogen (secondary N) is 1. The molecule has 2 rings (SSSR count). The Morgan fingerprint density at radius 1 is 1.12 bits per heavy atom. The van der Waals surface area contributed by atoms with Gasteiger partial charge in [0, 0.05) is 11.3 Å². The van der Waals surface area contributed by atoms with Crippen molar-refractivity contribution in [3.63, 3.8) is 0 Å². The molecule has 2 aromatic carbocycles. The summed E-state index contributed by atoms with van der Waals surface area (Å²) >= 11 is 2.02. The number of anilines is 1. The van der Waals surface area contributed by atoms with Gasteiger partial charge in [-0.3, -0.25) is 4.79 Å². The van der Waals surface area contributed by atoms with Gasteiger partial charge in [0.25, 0.3) is 5.91 Å². The van der Waals surface area contributed by atoms with Crippen LogP contribution in [0.3, 0.4) is 0 Å². The first-order chi connectivity index (χ1) is 12.3. The molecule has 0 atom stereocenters. The van der Waals surface area contributed by atoms with Crippen molar-refractivity contribution >= 4 is 34.2 Å². The van der Waals surface area contributed by atoms with E-state index in [4.69, 9.17) is 9.47 Å². The molecule has 0 aromatic heterocycles. The lowest BCUT2D eigenvalue weighted by atomic mass is 10.1. The Morgan fingerprint density at radius 2 is 1.81 bits per heavy atom. The average Bonchev–Trinajstić information content (AvgIpc) is 2.57. The third kappa shape index (κ3) is 5.03. The van der Waals surface area contributed by atoms with E-state index >= 15 is 0 Å². The minimum Gasteiger partial charge on any atom is -0.490 e. The lowest BCUT2D eigenvalue weighted by Gasteiger charge is -2.15. The van der Waals surface area contributed by atoms with Crippen molar-refractivity contribution in [3.8, 4) is 11.5 Å². The van der Waals surface area contributed by atoms with Crippen LogP contribution in [0.15, 0.2) is 36.4 Å². The molecule has 2 aromatic rings. The molecule has 0 aliphatic rings. The zero-order valence-electron chi connectivity index (χ0n) is 14.1. The average molecular weight is 479 g/mol. The predicted molar refractivity (Wildman–Crippen MR) is 101 cm³/mol. The molecule has 1 amide bonds. The maximum Gasteiger partial charge on any atom is 0.416 e. The minimum absolute atomic E-state index is 0.0617. The van der Waals surface area contributed by atoms with E-state index in [-0.39, 0.29) is 11.3 Å². The largest absolute Gasteiger partial charge is 0.490 e. The smallest absolute Gasteiger partial charge is 0.416 e. The van der Waals surface area contributed by atoms with Crippen molar-refractivity contribution in [3.05, 3.63) is 51.1 Å². The van der Waals surface area contributed by atoms with E-state index in [9.17, 15) is 18.0 Å². The number of ether oxygens (including phenoxy) is 2. The monoisotopic (exact) mass is 479 g/mol. The molecule has 0 spiro atoms. The normalized spacial score (nSPS) is 11.2. The number of hydrogen-bond donors (Lipinski definition) is 1. The molecule has 0 aliphatic heterocycles. The highest BCUT2D eigenvalue weighted by Gasteiger charge is 2.30. The van der Waals surface area contributed by atoms with E-state index in [1.54, 1.807) is 13.0 Å². The van der Waals surface area contributed by atoms with Gasteiger partial charge in [0.05, 0.1) is 22.3 Å². The van der Waals surface area contributed by atoms with Crippen LogP contribution in [0, 0.1) is 3.57 Å². The van der Waals surface area contributed by atoms with Gasteiger partial charge in [-0.25, -0.2) is 0 Å². The number of carbonyl (C=O) groups excluding carboxylic acids is 1. The Kier molecular flexibility index (Phi) is 6.74. The highest BCUT2D eigenvalue weighted by Crippen LogP contribution is 2.35. The van der Waals surface area contributed by atoms with Gasteiger partial charge >= 0.3 is 6.18 Å². The third-order valence-electron chi connectivity index (χ3n) is 3.31. The minimum atomic E-state index is -4.47. The second kappa shape index (κ2) is 8.61. The lowest BCUT2D eigenvalue weighted by molar-refractivity contribution is -0.137. The molecule has 0 fully saturated rings. The molecule has 8 heteroatoms. The molecular formula is C18H17F3INO3. The molecular weight excluding hydrogens is 462 g/mol. The van der Waals surface area contributed by atoms with Gasteiger partial charge in [-0.1, -0.05) is 6.07 Å². The van der Waals surface area contributed by atoms with Crippen LogP contribution in [0.4, 0.5) is 18.9 Å². The summed E-state index contributed by atoms with van der Waals surface area (Å²) in [5.41, 5.74) is -0.503. The highest BCUT2D eigenvalue weighted by atomic mass is 127. The van der Waals surface area contributed by atoms with Gasteiger partial charge in [-0.15, -0.1) is 0 Å². The standard InChI is InChI=1S/C18H17F3INO3/c1-3-25-15-9-11(8-14(22)16(15)26-4-2)17(24)23-13-7-5-6-12(10-13)18(19,20)21/h5-10H,3-4H2,1-2H3,(H,23,24). The first kappa shape index (κ1) is 20.3. The number of benzene rings is 2. The van der Waals surface area contributed by atoms with Crippen LogP contribution in [0.5, 0.6) is 11.5 Å². The van der Waals surface area contributed by atoms with Crippen LogP contribution in [0.1, 0.15) is 29.8 Å². The van der Waals surface area contributed by atoms with Gasteiger partial charge in [-0.2, -0.15) is 13.2 Å². The number of carbonyl (C=O) groups is 1. The summed E-state index contributed by atoms with van der Waals surface area (Å²) in [4.78, 5) is 12.5. The fraction of sp³-hybridized carbons (Fsp3) is 0.278. The summed E-state index contributed by atoms with van der Waals surface area (Å²) in [6, 6.07) is 7.59. The maximum atomic E-state index is 12.8. The van der Waals surface area contributed by atoms with Gasteiger partial charge in [-0.05, 0) is 66.8 Å². The number of amides is 1. The number of halogens is 4. The Balaban J connectivity index is 2.30. The molecule has 140 valence electrons. The summed E-state index contributed by atoms with van der Waals surface area (Å²) < 4.78 is 50.1. The fourth-order valence-electron chi connectivity index (χ4n) is 2.22. The van der Waals surface area contributed by atoms with Crippen LogP contribution < -0.4 is 14.8 Å². The van der Waals surface area contributed by atoms with E-state index in [0.717, 1.165) is 12.1 Å². The van der Waals surface area contributed by atoms with Crippen molar-refractivity contribution in [2.75, 3.05) is 18.5 Å². The predicted octanol–water partition coefficient (Wildman–Crippen LogP) is 5.36. The van der Waals surface area contributed by atoms with Crippen molar-refractivity contribution in [1.29, 1.82) is 0 Å². The molecule has 0 aliphatic carbocycles. The second-order valence-electron chi connectivity index (χ2n) is 5.18. The molecule has 26 heavy (non-hydrogen) atoms. The summed E-state index contributed by atoms with van der Waals surface area (Å²) in [5, 5.41) is 2.48. The lowest BCUT2D eigenvalue weighted by Crippen LogP contribution is -2.14. The molecule has 0 saturated carbocycles. The topological polar surface area (TPSA) is 47.6 Å². The van der Waals surface area contributed by atoms with E-state index < -0.39 is 17.6 Å². The Hall–Kier alpha value is -1.97. The molecule has 0 unspecified atom stereocenters. The van der Waals surface area contributed by atoms with Crippen LogP contribution in [0.25, 0.3) is 0 Å². The molecule has 0 saturated heterocycles. The SMILES string of the molecule is CCOc1cc(C(=O)Nc2cccc(C(F)(F)F)c2)cc(I)c1OCC. The second-order valence-corrected chi connectivity index (χ2v) is 6.35. The van der Waals surface area contributed by atoms with Gasteiger partial charge in [0.2, 0.25) is 0 Å². The first-order valence-corrected chi connectivity index (χ1v) is 8.91. The fourth-order valence-corrected chi connectivity index (χ4v) is 2.98. The zero-order valence-corrected chi connectivity index (χ0v) is 16.3. The van der Waals surface area contributed by atoms with E-state index in [0.29, 0.717) is 28.3 Å². The summed E-state index contributed by atoms with van der Waals surface area (Å²) in [6.07, 6.45) is -4.47. The Bertz CT molecular complexity index is 794. The van der Waals surface area contributed by atoms with Crippen molar-refractivity contribution in [2.24, 2.45) is 0 Å². The molecule has 0 radical (unpaired) electrons.